The molecule has 0 radical (unpaired) electrons. The van der Waals surface area contributed by atoms with Crippen molar-refractivity contribution in [1.29, 1.82) is 0 Å². The van der Waals surface area contributed by atoms with E-state index in [0.717, 1.165) is 22.1 Å². The molecule has 0 spiro atoms. The van der Waals surface area contributed by atoms with Gasteiger partial charge < -0.3 is 10.4 Å². The smallest absolute Gasteiger partial charge is 0.152 e. The Morgan fingerprint density at radius 1 is 1.42 bits per heavy atom. The van der Waals surface area contributed by atoms with E-state index >= 15 is 0 Å². The monoisotopic (exact) mass is 340 g/mol. The lowest BCUT2D eigenvalue weighted by atomic mass is 10.0. The highest BCUT2D eigenvalue weighted by atomic mass is 79.9. The number of benzene rings is 1. The molecule has 2 N–H and O–H groups in total. The molecule has 3 nitrogen and oxygen atoms in total. The standard InChI is InChI=1S/C14H14BrClN2O/c1-2-11(10-8-9(15)5-6-13(10)19)18-12-4-3-7-17-14(12)16/h3-8,11,18-19H,2H2,1H3. The Bertz CT molecular complexity index is 577. The molecular weight excluding hydrogens is 328 g/mol. The van der Waals surface area contributed by atoms with Crippen LogP contribution in [0.25, 0.3) is 0 Å². The van der Waals surface area contributed by atoms with E-state index in [-0.39, 0.29) is 11.8 Å². The second kappa shape index (κ2) is 6.26. The second-order valence-electron chi connectivity index (χ2n) is 4.15. The Kier molecular flexibility index (Phi) is 4.66. The highest BCUT2D eigenvalue weighted by Crippen LogP contribution is 2.33. The molecule has 5 heteroatoms. The Balaban J connectivity index is 2.30. The van der Waals surface area contributed by atoms with Crippen molar-refractivity contribution in [3.63, 3.8) is 0 Å². The van der Waals surface area contributed by atoms with Crippen LogP contribution in [0.5, 0.6) is 5.75 Å². The lowest BCUT2D eigenvalue weighted by Crippen LogP contribution is -2.10. The summed E-state index contributed by atoms with van der Waals surface area (Å²) in [5.74, 6) is 0.266. The first kappa shape index (κ1) is 14.2. The number of anilines is 1. The third kappa shape index (κ3) is 3.39. The van der Waals surface area contributed by atoms with Crippen molar-refractivity contribution >= 4 is 33.2 Å². The molecule has 0 fully saturated rings. The fourth-order valence-electron chi connectivity index (χ4n) is 1.89. The maximum atomic E-state index is 9.97. The molecular formula is C14H14BrClN2O. The van der Waals surface area contributed by atoms with Crippen LogP contribution < -0.4 is 5.32 Å². The summed E-state index contributed by atoms with van der Waals surface area (Å²) in [6.07, 6.45) is 2.46. The third-order valence-electron chi connectivity index (χ3n) is 2.86. The molecule has 1 heterocycles. The van der Waals surface area contributed by atoms with Gasteiger partial charge in [0.15, 0.2) is 5.15 Å². The molecule has 1 aromatic heterocycles. The molecule has 1 atom stereocenters. The van der Waals surface area contributed by atoms with Gasteiger partial charge >= 0.3 is 0 Å². The van der Waals surface area contributed by atoms with Gasteiger partial charge in [-0.1, -0.05) is 34.5 Å². The number of phenols is 1. The van der Waals surface area contributed by atoms with Gasteiger partial charge in [-0.15, -0.1) is 0 Å². The molecule has 0 aliphatic carbocycles. The molecule has 0 bridgehead atoms. The SMILES string of the molecule is CCC(Nc1cccnc1Cl)c1cc(Br)ccc1O. The summed E-state index contributed by atoms with van der Waals surface area (Å²) in [6.45, 7) is 2.04. The molecule has 2 aromatic rings. The first-order valence-corrected chi connectivity index (χ1v) is 7.14. The molecule has 0 aliphatic rings. The van der Waals surface area contributed by atoms with E-state index in [2.05, 4.69) is 26.2 Å². The second-order valence-corrected chi connectivity index (χ2v) is 5.42. The fourth-order valence-corrected chi connectivity index (χ4v) is 2.44. The topological polar surface area (TPSA) is 45.2 Å². The summed E-state index contributed by atoms with van der Waals surface area (Å²) in [5, 5.41) is 13.7. The van der Waals surface area contributed by atoms with Crippen LogP contribution in [0.1, 0.15) is 24.9 Å². The Labute approximate surface area is 125 Å². The van der Waals surface area contributed by atoms with E-state index in [1.165, 1.54) is 0 Å². The van der Waals surface area contributed by atoms with Gasteiger partial charge in [0.2, 0.25) is 0 Å². The number of rotatable bonds is 4. The number of hydrogen-bond acceptors (Lipinski definition) is 3. The van der Waals surface area contributed by atoms with E-state index in [0.29, 0.717) is 5.15 Å². The molecule has 0 aliphatic heterocycles. The molecule has 1 unspecified atom stereocenters. The van der Waals surface area contributed by atoms with Crippen LogP contribution in [0.2, 0.25) is 5.15 Å². The lowest BCUT2D eigenvalue weighted by molar-refractivity contribution is 0.462. The average Bonchev–Trinajstić information content (AvgIpc) is 2.41. The van der Waals surface area contributed by atoms with Crippen molar-refractivity contribution in [3.8, 4) is 5.75 Å². The van der Waals surface area contributed by atoms with Gasteiger partial charge in [0.1, 0.15) is 5.75 Å². The predicted octanol–water partition coefficient (Wildman–Crippen LogP) is 4.77. The van der Waals surface area contributed by atoms with E-state index < -0.39 is 0 Å². The maximum absolute atomic E-state index is 9.97. The first-order chi connectivity index (χ1) is 9.11. The van der Waals surface area contributed by atoms with E-state index in [4.69, 9.17) is 11.6 Å². The maximum Gasteiger partial charge on any atom is 0.152 e. The van der Waals surface area contributed by atoms with Gasteiger partial charge in [-0.25, -0.2) is 4.98 Å². The molecule has 0 saturated heterocycles. The van der Waals surface area contributed by atoms with Crippen LogP contribution in [-0.2, 0) is 0 Å². The molecule has 100 valence electrons. The van der Waals surface area contributed by atoms with Crippen molar-refractivity contribution in [2.75, 3.05) is 5.32 Å². The number of phenolic OH excluding ortho intramolecular Hbond substituents is 1. The van der Waals surface area contributed by atoms with E-state index in [1.807, 2.05) is 31.2 Å². The van der Waals surface area contributed by atoms with Gasteiger partial charge in [0, 0.05) is 16.2 Å². The minimum absolute atomic E-state index is 0.0285. The van der Waals surface area contributed by atoms with Crippen molar-refractivity contribution < 1.29 is 5.11 Å². The van der Waals surface area contributed by atoms with Crippen LogP contribution in [0.3, 0.4) is 0 Å². The average molecular weight is 342 g/mol. The Morgan fingerprint density at radius 3 is 2.89 bits per heavy atom. The molecule has 19 heavy (non-hydrogen) atoms. The van der Waals surface area contributed by atoms with Crippen LogP contribution in [0.4, 0.5) is 5.69 Å². The summed E-state index contributed by atoms with van der Waals surface area (Å²) < 4.78 is 0.929. The van der Waals surface area contributed by atoms with Crippen LogP contribution in [0.15, 0.2) is 41.0 Å². The number of aromatic hydroxyl groups is 1. The summed E-state index contributed by atoms with van der Waals surface area (Å²) in [6, 6.07) is 9.05. The number of hydrogen-bond donors (Lipinski definition) is 2. The quantitative estimate of drug-likeness (QED) is 0.788. The van der Waals surface area contributed by atoms with Crippen LogP contribution in [-0.4, -0.2) is 10.1 Å². The number of pyridine rings is 1. The Hall–Kier alpha value is -1.26. The first-order valence-electron chi connectivity index (χ1n) is 5.97. The lowest BCUT2D eigenvalue weighted by Gasteiger charge is -2.20. The minimum atomic E-state index is -0.0285. The van der Waals surface area contributed by atoms with Crippen molar-refractivity contribution in [1.82, 2.24) is 4.98 Å². The predicted molar refractivity (Wildman–Crippen MR) is 81.7 cm³/mol. The largest absolute Gasteiger partial charge is 0.508 e. The molecule has 1 aromatic carbocycles. The third-order valence-corrected chi connectivity index (χ3v) is 3.66. The normalized spacial score (nSPS) is 12.2. The highest BCUT2D eigenvalue weighted by Gasteiger charge is 2.15. The zero-order valence-corrected chi connectivity index (χ0v) is 12.7. The number of halogens is 2. The summed E-state index contributed by atoms with van der Waals surface area (Å²) in [7, 11) is 0. The number of nitrogens with one attached hydrogen (secondary N) is 1. The minimum Gasteiger partial charge on any atom is -0.508 e. The van der Waals surface area contributed by atoms with Gasteiger partial charge in [-0.05, 0) is 36.8 Å². The molecule has 2 rings (SSSR count). The van der Waals surface area contributed by atoms with Crippen molar-refractivity contribution in [2.24, 2.45) is 0 Å². The zero-order valence-electron chi connectivity index (χ0n) is 10.4. The molecule has 0 amide bonds. The van der Waals surface area contributed by atoms with Crippen molar-refractivity contribution in [3.05, 3.63) is 51.7 Å². The van der Waals surface area contributed by atoms with E-state index in [9.17, 15) is 5.11 Å². The summed E-state index contributed by atoms with van der Waals surface area (Å²) in [4.78, 5) is 4.03. The fraction of sp³-hybridized carbons (Fsp3) is 0.214. The Morgan fingerprint density at radius 2 is 2.21 bits per heavy atom. The zero-order chi connectivity index (χ0) is 13.8. The van der Waals surface area contributed by atoms with Gasteiger partial charge in [-0.3, -0.25) is 0 Å². The number of nitrogens with zero attached hydrogens (tertiary/aromatic N) is 1. The highest BCUT2D eigenvalue weighted by molar-refractivity contribution is 9.10. The van der Waals surface area contributed by atoms with Crippen molar-refractivity contribution in [2.45, 2.75) is 19.4 Å². The van der Waals surface area contributed by atoms with Gasteiger partial charge in [-0.2, -0.15) is 0 Å². The van der Waals surface area contributed by atoms with Crippen LogP contribution in [0, 0.1) is 0 Å². The van der Waals surface area contributed by atoms with Gasteiger partial charge in [0.25, 0.3) is 0 Å². The molecule has 0 saturated carbocycles. The van der Waals surface area contributed by atoms with Crippen LogP contribution >= 0.6 is 27.5 Å². The van der Waals surface area contributed by atoms with Gasteiger partial charge in [0.05, 0.1) is 11.7 Å². The number of aromatic nitrogens is 1. The van der Waals surface area contributed by atoms with E-state index in [1.54, 1.807) is 12.3 Å². The summed E-state index contributed by atoms with van der Waals surface area (Å²) >= 11 is 9.45. The summed E-state index contributed by atoms with van der Waals surface area (Å²) in [5.41, 5.74) is 1.59.